The molecule has 0 aliphatic rings. The van der Waals surface area contributed by atoms with Gasteiger partial charge in [0.2, 0.25) is 0 Å². The summed E-state index contributed by atoms with van der Waals surface area (Å²) >= 11 is 0. The Hall–Kier alpha value is -2.80. The number of para-hydroxylation sites is 1. The van der Waals surface area contributed by atoms with Crippen molar-refractivity contribution in [2.75, 3.05) is 13.6 Å². The van der Waals surface area contributed by atoms with E-state index < -0.39 is 11.7 Å². The maximum atomic E-state index is 13.5. The summed E-state index contributed by atoms with van der Waals surface area (Å²) in [6.45, 7) is 3.62. The lowest BCUT2D eigenvalue weighted by molar-refractivity contribution is -0.137. The Balaban J connectivity index is 1.95. The second-order valence-corrected chi connectivity index (χ2v) is 7.02. The highest BCUT2D eigenvalue weighted by Crippen LogP contribution is 2.37. The van der Waals surface area contributed by atoms with Crippen LogP contribution in [0.25, 0.3) is 11.3 Å². The van der Waals surface area contributed by atoms with E-state index in [1.165, 1.54) is 0 Å². The number of hydrogen-bond acceptors (Lipinski definition) is 3. The average molecular weight is 403 g/mol. The SMILES string of the molecule is CCCCN(C)Cc1cn[nH]c1-c1cc(Oc2ccccc2)cc(C(F)(F)F)c1. The monoisotopic (exact) mass is 403 g/mol. The first kappa shape index (κ1) is 20.9. The summed E-state index contributed by atoms with van der Waals surface area (Å²) in [6, 6.07) is 12.5. The van der Waals surface area contributed by atoms with Crippen LogP contribution in [0.5, 0.6) is 11.5 Å². The number of H-pyrrole nitrogens is 1. The highest BCUT2D eigenvalue weighted by atomic mass is 19.4. The molecule has 0 radical (unpaired) electrons. The zero-order chi connectivity index (χ0) is 20.9. The van der Waals surface area contributed by atoms with Crippen molar-refractivity contribution in [3.05, 3.63) is 65.9 Å². The summed E-state index contributed by atoms with van der Waals surface area (Å²) in [6.07, 6.45) is -0.683. The lowest BCUT2D eigenvalue weighted by atomic mass is 10.0. The van der Waals surface area contributed by atoms with Crippen molar-refractivity contribution in [3.63, 3.8) is 0 Å². The van der Waals surface area contributed by atoms with Gasteiger partial charge in [-0.05, 0) is 50.3 Å². The fourth-order valence-electron chi connectivity index (χ4n) is 3.07. The van der Waals surface area contributed by atoms with E-state index in [1.807, 2.05) is 13.1 Å². The van der Waals surface area contributed by atoms with Gasteiger partial charge in [0.25, 0.3) is 0 Å². The van der Waals surface area contributed by atoms with Crippen molar-refractivity contribution < 1.29 is 17.9 Å². The van der Waals surface area contributed by atoms with E-state index >= 15 is 0 Å². The van der Waals surface area contributed by atoms with Crippen LogP contribution in [0.3, 0.4) is 0 Å². The maximum absolute atomic E-state index is 13.5. The van der Waals surface area contributed by atoms with Gasteiger partial charge in [-0.3, -0.25) is 5.10 Å². The third kappa shape index (κ3) is 5.60. The van der Waals surface area contributed by atoms with Gasteiger partial charge < -0.3 is 9.64 Å². The molecule has 1 N–H and O–H groups in total. The fraction of sp³-hybridized carbons (Fsp3) is 0.318. The fourth-order valence-corrected chi connectivity index (χ4v) is 3.07. The van der Waals surface area contributed by atoms with Crippen molar-refractivity contribution in [2.24, 2.45) is 0 Å². The van der Waals surface area contributed by atoms with Gasteiger partial charge >= 0.3 is 6.18 Å². The van der Waals surface area contributed by atoms with E-state index in [0.717, 1.165) is 37.1 Å². The molecule has 0 aliphatic heterocycles. The van der Waals surface area contributed by atoms with Gasteiger partial charge in [0.15, 0.2) is 0 Å². The van der Waals surface area contributed by atoms with Gasteiger partial charge in [0.1, 0.15) is 11.5 Å². The molecule has 0 saturated heterocycles. The van der Waals surface area contributed by atoms with E-state index in [2.05, 4.69) is 22.0 Å². The quantitative estimate of drug-likeness (QED) is 0.493. The highest BCUT2D eigenvalue weighted by Gasteiger charge is 2.32. The molecule has 3 aromatic rings. The molecule has 4 nitrogen and oxygen atoms in total. The lowest BCUT2D eigenvalue weighted by Gasteiger charge is -2.17. The second-order valence-electron chi connectivity index (χ2n) is 7.02. The molecule has 1 aromatic heterocycles. The van der Waals surface area contributed by atoms with Crippen LogP contribution in [-0.4, -0.2) is 28.7 Å². The number of aromatic nitrogens is 2. The predicted octanol–water partition coefficient (Wildman–Crippen LogP) is 6.12. The molecule has 0 atom stereocenters. The van der Waals surface area contributed by atoms with E-state index in [1.54, 1.807) is 36.5 Å². The molecule has 3 rings (SSSR count). The molecule has 0 spiro atoms. The third-order valence-corrected chi connectivity index (χ3v) is 4.55. The number of halogens is 3. The summed E-state index contributed by atoms with van der Waals surface area (Å²) in [5.41, 5.74) is 1.04. The van der Waals surface area contributed by atoms with E-state index in [-0.39, 0.29) is 5.75 Å². The minimum atomic E-state index is -4.48. The number of nitrogens with one attached hydrogen (secondary N) is 1. The molecule has 0 saturated carbocycles. The topological polar surface area (TPSA) is 41.2 Å². The third-order valence-electron chi connectivity index (χ3n) is 4.55. The van der Waals surface area contributed by atoms with E-state index in [4.69, 9.17) is 4.74 Å². The number of nitrogens with zero attached hydrogens (tertiary/aromatic N) is 2. The zero-order valence-electron chi connectivity index (χ0n) is 16.5. The number of ether oxygens (including phenoxy) is 1. The minimum absolute atomic E-state index is 0.126. The van der Waals surface area contributed by atoms with Crippen LogP contribution < -0.4 is 4.74 Å². The molecule has 29 heavy (non-hydrogen) atoms. The normalized spacial score (nSPS) is 11.8. The molecule has 0 fully saturated rings. The van der Waals surface area contributed by atoms with Crippen LogP contribution in [-0.2, 0) is 12.7 Å². The summed E-state index contributed by atoms with van der Waals surface area (Å²) in [5.74, 6) is 0.600. The van der Waals surface area contributed by atoms with Gasteiger partial charge in [-0.15, -0.1) is 0 Å². The number of aromatic amines is 1. The average Bonchev–Trinajstić information content (AvgIpc) is 3.14. The molecule has 0 unspecified atom stereocenters. The molecule has 0 aliphatic carbocycles. The first-order valence-electron chi connectivity index (χ1n) is 9.53. The van der Waals surface area contributed by atoms with Crippen molar-refractivity contribution in [2.45, 2.75) is 32.5 Å². The second kappa shape index (κ2) is 9.13. The number of benzene rings is 2. The van der Waals surface area contributed by atoms with Gasteiger partial charge in [-0.25, -0.2) is 0 Å². The molecule has 7 heteroatoms. The largest absolute Gasteiger partial charge is 0.457 e. The summed E-state index contributed by atoms with van der Waals surface area (Å²) in [5, 5.41) is 6.92. The van der Waals surface area contributed by atoms with E-state index in [9.17, 15) is 13.2 Å². The molecule has 0 amide bonds. The van der Waals surface area contributed by atoms with Crippen LogP contribution in [0.4, 0.5) is 13.2 Å². The smallest absolute Gasteiger partial charge is 0.416 e. The first-order valence-corrected chi connectivity index (χ1v) is 9.53. The molecule has 0 bridgehead atoms. The Morgan fingerprint density at radius 3 is 2.52 bits per heavy atom. The first-order chi connectivity index (χ1) is 13.9. The van der Waals surface area contributed by atoms with Gasteiger partial charge in [-0.1, -0.05) is 31.5 Å². The number of rotatable bonds is 8. The Labute approximate surface area is 168 Å². The molecular weight excluding hydrogens is 379 g/mol. The minimum Gasteiger partial charge on any atom is -0.457 e. The number of unbranched alkanes of at least 4 members (excludes halogenated alkanes) is 1. The molecular formula is C22H24F3N3O. The van der Waals surface area contributed by atoms with Crippen molar-refractivity contribution in [1.82, 2.24) is 15.1 Å². The predicted molar refractivity (Wildman–Crippen MR) is 107 cm³/mol. The van der Waals surface area contributed by atoms with Gasteiger partial charge in [0.05, 0.1) is 17.5 Å². The summed E-state index contributed by atoms with van der Waals surface area (Å²) < 4.78 is 46.1. The van der Waals surface area contributed by atoms with Crippen LogP contribution in [0.1, 0.15) is 30.9 Å². The highest BCUT2D eigenvalue weighted by molar-refractivity contribution is 5.66. The number of hydrogen-bond donors (Lipinski definition) is 1. The van der Waals surface area contributed by atoms with E-state index in [0.29, 0.717) is 23.6 Å². The number of alkyl halides is 3. The van der Waals surface area contributed by atoms with Gasteiger partial charge in [-0.2, -0.15) is 18.3 Å². The van der Waals surface area contributed by atoms with Crippen molar-refractivity contribution >= 4 is 0 Å². The van der Waals surface area contributed by atoms with Crippen LogP contribution >= 0.6 is 0 Å². The molecule has 1 heterocycles. The van der Waals surface area contributed by atoms with Crippen molar-refractivity contribution in [3.8, 4) is 22.8 Å². The maximum Gasteiger partial charge on any atom is 0.416 e. The Bertz CT molecular complexity index is 923. The van der Waals surface area contributed by atoms with Gasteiger partial charge in [0, 0.05) is 17.7 Å². The zero-order valence-corrected chi connectivity index (χ0v) is 16.5. The Morgan fingerprint density at radius 1 is 1.07 bits per heavy atom. The lowest BCUT2D eigenvalue weighted by Crippen LogP contribution is -2.19. The Kier molecular flexibility index (Phi) is 6.59. The van der Waals surface area contributed by atoms with Crippen LogP contribution in [0.2, 0.25) is 0 Å². The van der Waals surface area contributed by atoms with Crippen LogP contribution in [0.15, 0.2) is 54.7 Å². The van der Waals surface area contributed by atoms with Crippen molar-refractivity contribution in [1.29, 1.82) is 0 Å². The van der Waals surface area contributed by atoms with Crippen LogP contribution in [0, 0.1) is 0 Å². The molecule has 2 aromatic carbocycles. The standard InChI is InChI=1S/C22H24F3N3O/c1-3-4-10-28(2)15-17-14-26-27-21(17)16-11-18(22(23,24)25)13-20(12-16)29-19-8-6-5-7-9-19/h5-9,11-14H,3-4,10,15H2,1-2H3,(H,26,27). The Morgan fingerprint density at radius 2 is 1.83 bits per heavy atom. The summed E-state index contributed by atoms with van der Waals surface area (Å²) in [4.78, 5) is 2.13. The molecule has 154 valence electrons. The summed E-state index contributed by atoms with van der Waals surface area (Å²) in [7, 11) is 1.99.